The van der Waals surface area contributed by atoms with Gasteiger partial charge in [-0.05, 0) is 17.9 Å². The fourth-order valence-electron chi connectivity index (χ4n) is 1.75. The van der Waals surface area contributed by atoms with Gasteiger partial charge in [0, 0.05) is 10.7 Å². The van der Waals surface area contributed by atoms with E-state index in [1.165, 1.54) is 0 Å². The molecule has 16 heavy (non-hydrogen) atoms. The van der Waals surface area contributed by atoms with Gasteiger partial charge in [0.25, 0.3) is 0 Å². The summed E-state index contributed by atoms with van der Waals surface area (Å²) < 4.78 is 0. The SMILES string of the molecule is CSC(C)C(C)(C)c1ccccc1C(=O)O. The van der Waals surface area contributed by atoms with Gasteiger partial charge < -0.3 is 5.11 Å². The first-order valence-electron chi connectivity index (χ1n) is 5.27. The molecule has 0 radical (unpaired) electrons. The largest absolute Gasteiger partial charge is 0.478 e. The molecule has 0 aliphatic heterocycles. The van der Waals surface area contributed by atoms with E-state index < -0.39 is 5.97 Å². The lowest BCUT2D eigenvalue weighted by atomic mass is 9.79. The molecule has 1 rings (SSSR count). The number of hydrogen-bond acceptors (Lipinski definition) is 2. The molecular formula is C13H18O2S. The van der Waals surface area contributed by atoms with Crippen LogP contribution in [0.1, 0.15) is 36.7 Å². The van der Waals surface area contributed by atoms with Gasteiger partial charge in [0.05, 0.1) is 5.56 Å². The minimum absolute atomic E-state index is 0.144. The molecule has 0 heterocycles. The minimum Gasteiger partial charge on any atom is -0.478 e. The van der Waals surface area contributed by atoms with Gasteiger partial charge >= 0.3 is 5.97 Å². The van der Waals surface area contributed by atoms with E-state index in [0.29, 0.717) is 10.8 Å². The molecule has 88 valence electrons. The number of carboxylic acids is 1. The molecule has 0 aromatic heterocycles. The zero-order valence-electron chi connectivity index (χ0n) is 10.2. The summed E-state index contributed by atoms with van der Waals surface area (Å²) in [5, 5.41) is 9.55. The van der Waals surface area contributed by atoms with Crippen LogP contribution in [-0.4, -0.2) is 22.6 Å². The van der Waals surface area contributed by atoms with E-state index >= 15 is 0 Å². The minimum atomic E-state index is -0.850. The monoisotopic (exact) mass is 238 g/mol. The summed E-state index contributed by atoms with van der Waals surface area (Å²) in [5.74, 6) is -0.850. The molecule has 0 bridgehead atoms. The first kappa shape index (κ1) is 13.1. The second kappa shape index (κ2) is 4.91. The number of carboxylic acid groups (broad SMARTS) is 1. The lowest BCUT2D eigenvalue weighted by molar-refractivity contribution is 0.0694. The summed E-state index contributed by atoms with van der Waals surface area (Å²) in [7, 11) is 0. The van der Waals surface area contributed by atoms with Crippen LogP contribution >= 0.6 is 11.8 Å². The van der Waals surface area contributed by atoms with Crippen LogP contribution in [0.5, 0.6) is 0 Å². The van der Waals surface area contributed by atoms with Crippen molar-refractivity contribution >= 4 is 17.7 Å². The van der Waals surface area contributed by atoms with Crippen molar-refractivity contribution in [3.05, 3.63) is 35.4 Å². The third-order valence-electron chi connectivity index (χ3n) is 3.22. The van der Waals surface area contributed by atoms with Crippen molar-refractivity contribution in [2.45, 2.75) is 31.4 Å². The molecule has 2 nitrogen and oxygen atoms in total. The Morgan fingerprint density at radius 2 is 1.94 bits per heavy atom. The highest BCUT2D eigenvalue weighted by Crippen LogP contribution is 2.35. The number of benzene rings is 1. The maximum Gasteiger partial charge on any atom is 0.335 e. The summed E-state index contributed by atoms with van der Waals surface area (Å²) in [6.07, 6.45) is 2.05. The van der Waals surface area contributed by atoms with Crippen molar-refractivity contribution in [1.29, 1.82) is 0 Å². The Bertz CT molecular complexity index is 385. The van der Waals surface area contributed by atoms with E-state index in [1.807, 2.05) is 12.1 Å². The number of thioether (sulfide) groups is 1. The van der Waals surface area contributed by atoms with Crippen molar-refractivity contribution in [3.63, 3.8) is 0 Å². The summed E-state index contributed by atoms with van der Waals surface area (Å²) in [5.41, 5.74) is 1.17. The molecule has 1 aromatic rings. The Balaban J connectivity index is 3.26. The third-order valence-corrected chi connectivity index (χ3v) is 4.52. The number of carbonyl (C=O) groups is 1. The van der Waals surface area contributed by atoms with Gasteiger partial charge in [0.2, 0.25) is 0 Å². The molecule has 0 saturated carbocycles. The van der Waals surface area contributed by atoms with Gasteiger partial charge in [-0.15, -0.1) is 0 Å². The summed E-state index contributed by atoms with van der Waals surface area (Å²) in [6.45, 7) is 6.31. The average Bonchev–Trinajstić information content (AvgIpc) is 2.27. The van der Waals surface area contributed by atoms with Gasteiger partial charge in [-0.1, -0.05) is 39.0 Å². The van der Waals surface area contributed by atoms with E-state index in [0.717, 1.165) is 5.56 Å². The third kappa shape index (κ3) is 2.40. The predicted molar refractivity (Wildman–Crippen MR) is 69.4 cm³/mol. The maximum absolute atomic E-state index is 11.2. The Hall–Kier alpha value is -0.960. The van der Waals surface area contributed by atoms with Crippen molar-refractivity contribution in [1.82, 2.24) is 0 Å². The van der Waals surface area contributed by atoms with Gasteiger partial charge in [-0.2, -0.15) is 11.8 Å². The number of hydrogen-bond donors (Lipinski definition) is 1. The van der Waals surface area contributed by atoms with E-state index in [-0.39, 0.29) is 5.41 Å². The standard InChI is InChI=1S/C13H18O2S/c1-9(16-4)13(2,3)11-8-6-5-7-10(11)12(14)15/h5-9H,1-4H3,(H,14,15). The lowest BCUT2D eigenvalue weighted by Gasteiger charge is -2.32. The van der Waals surface area contributed by atoms with Gasteiger partial charge in [-0.3, -0.25) is 0 Å². The number of rotatable bonds is 4. The first-order chi connectivity index (χ1) is 7.41. The smallest absolute Gasteiger partial charge is 0.335 e. The zero-order valence-corrected chi connectivity index (χ0v) is 11.0. The predicted octanol–water partition coefficient (Wildman–Crippen LogP) is 3.41. The molecule has 0 spiro atoms. The highest BCUT2D eigenvalue weighted by atomic mass is 32.2. The van der Waals surface area contributed by atoms with E-state index in [1.54, 1.807) is 23.9 Å². The molecule has 0 fully saturated rings. The van der Waals surface area contributed by atoms with Crippen molar-refractivity contribution in [3.8, 4) is 0 Å². The van der Waals surface area contributed by atoms with E-state index in [9.17, 15) is 9.90 Å². The Morgan fingerprint density at radius 1 is 1.38 bits per heavy atom. The van der Waals surface area contributed by atoms with Gasteiger partial charge in [0.1, 0.15) is 0 Å². The molecule has 0 saturated heterocycles. The van der Waals surface area contributed by atoms with Crippen molar-refractivity contribution in [2.24, 2.45) is 0 Å². The fraction of sp³-hybridized carbons (Fsp3) is 0.462. The summed E-state index contributed by atoms with van der Waals surface area (Å²) in [4.78, 5) is 11.2. The van der Waals surface area contributed by atoms with E-state index in [4.69, 9.17) is 0 Å². The second-order valence-corrected chi connectivity index (χ2v) is 5.63. The second-order valence-electron chi connectivity index (χ2n) is 4.45. The summed E-state index contributed by atoms with van der Waals surface area (Å²) in [6, 6.07) is 7.26. The first-order valence-corrected chi connectivity index (χ1v) is 6.55. The zero-order chi connectivity index (χ0) is 12.3. The Labute approximate surface area is 101 Å². The normalized spacial score (nSPS) is 13.5. The van der Waals surface area contributed by atoms with Crippen LogP contribution in [0.3, 0.4) is 0 Å². The van der Waals surface area contributed by atoms with Gasteiger partial charge in [0.15, 0.2) is 0 Å². The van der Waals surface area contributed by atoms with Gasteiger partial charge in [-0.25, -0.2) is 4.79 Å². The van der Waals surface area contributed by atoms with Crippen LogP contribution in [0.15, 0.2) is 24.3 Å². The molecule has 1 atom stereocenters. The molecular weight excluding hydrogens is 220 g/mol. The average molecular weight is 238 g/mol. The quantitative estimate of drug-likeness (QED) is 0.873. The van der Waals surface area contributed by atoms with Crippen molar-refractivity contribution < 1.29 is 9.90 Å². The molecule has 0 aliphatic carbocycles. The molecule has 1 N–H and O–H groups in total. The van der Waals surface area contributed by atoms with Crippen molar-refractivity contribution in [2.75, 3.05) is 6.26 Å². The van der Waals surface area contributed by atoms with Crippen LogP contribution in [0.2, 0.25) is 0 Å². The molecule has 3 heteroatoms. The highest BCUT2D eigenvalue weighted by molar-refractivity contribution is 7.99. The lowest BCUT2D eigenvalue weighted by Crippen LogP contribution is -2.30. The van der Waals surface area contributed by atoms with E-state index in [2.05, 4.69) is 27.0 Å². The highest BCUT2D eigenvalue weighted by Gasteiger charge is 2.30. The van der Waals surface area contributed by atoms with Crippen LogP contribution in [-0.2, 0) is 5.41 Å². The molecule has 1 aromatic carbocycles. The molecule has 0 amide bonds. The molecule has 0 aliphatic rings. The topological polar surface area (TPSA) is 37.3 Å². The Morgan fingerprint density at radius 3 is 2.44 bits per heavy atom. The van der Waals surface area contributed by atoms with Crippen LogP contribution in [0, 0.1) is 0 Å². The Kier molecular flexibility index (Phi) is 4.03. The molecule has 1 unspecified atom stereocenters. The van der Waals surface area contributed by atoms with Crippen LogP contribution in [0.25, 0.3) is 0 Å². The van der Waals surface area contributed by atoms with Crippen LogP contribution < -0.4 is 0 Å². The fourth-order valence-corrected chi connectivity index (χ4v) is 2.46. The number of aromatic carboxylic acids is 1. The van der Waals surface area contributed by atoms with Crippen LogP contribution in [0.4, 0.5) is 0 Å². The maximum atomic E-state index is 11.2. The summed E-state index contributed by atoms with van der Waals surface area (Å²) >= 11 is 1.75.